The topological polar surface area (TPSA) is 163 Å². The number of aliphatic carboxylic acids is 2. The summed E-state index contributed by atoms with van der Waals surface area (Å²) in [6.07, 6.45) is 0. The van der Waals surface area contributed by atoms with Crippen LogP contribution in [0.2, 0.25) is 0 Å². The summed E-state index contributed by atoms with van der Waals surface area (Å²) in [7, 11) is -1.95. The minimum absolute atomic E-state index is 0.197. The first kappa shape index (κ1) is 29.5. The van der Waals surface area contributed by atoms with Gasteiger partial charge in [-0.25, -0.2) is 18.0 Å². The Hall–Kier alpha value is -3.68. The molecule has 0 unspecified atom stereocenters. The van der Waals surface area contributed by atoms with Crippen molar-refractivity contribution < 1.29 is 42.5 Å². The fourth-order valence-electron chi connectivity index (χ4n) is 3.53. The Labute approximate surface area is 215 Å². The molecule has 2 aromatic carbocycles. The second-order valence-electron chi connectivity index (χ2n) is 7.91. The van der Waals surface area contributed by atoms with Crippen molar-refractivity contribution in [1.29, 1.82) is 0 Å². The summed E-state index contributed by atoms with van der Waals surface area (Å²) in [5.74, 6) is -2.43. The zero-order valence-electron chi connectivity index (χ0n) is 20.8. The Bertz CT molecular complexity index is 1180. The van der Waals surface area contributed by atoms with E-state index in [4.69, 9.17) is 29.3 Å². The van der Waals surface area contributed by atoms with Crippen molar-refractivity contribution in [3.63, 3.8) is 0 Å². The van der Waals surface area contributed by atoms with Crippen LogP contribution >= 0.6 is 0 Å². The Morgan fingerprint density at radius 3 is 2.03 bits per heavy atom. The Balaban J connectivity index is 0.000000717. The number of piperazine rings is 1. The van der Waals surface area contributed by atoms with Crippen LogP contribution in [0.4, 0.5) is 5.69 Å². The maximum absolute atomic E-state index is 13.0. The Morgan fingerprint density at radius 2 is 1.54 bits per heavy atom. The lowest BCUT2D eigenvalue weighted by molar-refractivity contribution is -0.159. The summed E-state index contributed by atoms with van der Waals surface area (Å²) >= 11 is 0. The maximum atomic E-state index is 13.0. The van der Waals surface area contributed by atoms with Gasteiger partial charge in [0.2, 0.25) is 15.9 Å². The fourth-order valence-corrected chi connectivity index (χ4v) is 4.96. The predicted molar refractivity (Wildman–Crippen MR) is 134 cm³/mol. The number of carboxylic acids is 2. The average molecular weight is 538 g/mol. The van der Waals surface area contributed by atoms with Gasteiger partial charge in [0.15, 0.2) is 11.5 Å². The molecule has 1 saturated heterocycles. The molecule has 1 aliphatic rings. The van der Waals surface area contributed by atoms with Gasteiger partial charge in [-0.3, -0.25) is 9.69 Å². The van der Waals surface area contributed by atoms with Crippen LogP contribution in [0.25, 0.3) is 0 Å². The molecule has 3 N–H and O–H groups in total. The molecule has 0 aromatic heterocycles. The monoisotopic (exact) mass is 537 g/mol. The molecular formula is C24H31N3O9S. The normalized spacial score (nSPS) is 14.1. The van der Waals surface area contributed by atoms with E-state index in [0.717, 1.165) is 5.56 Å². The lowest BCUT2D eigenvalue weighted by Crippen LogP contribution is -2.48. The lowest BCUT2D eigenvalue weighted by Gasteiger charge is -2.34. The van der Waals surface area contributed by atoms with Gasteiger partial charge in [-0.05, 0) is 48.9 Å². The number of carbonyl (C=O) groups excluding carboxylic acids is 1. The van der Waals surface area contributed by atoms with E-state index in [9.17, 15) is 13.2 Å². The molecule has 3 rings (SSSR count). The SMILES string of the molecule is CCOc1ccc(CN2CCN(S(=O)(=O)c3ccc(NC(C)=O)cc3)CC2)cc1OC.O=C(O)C(=O)O. The van der Waals surface area contributed by atoms with E-state index >= 15 is 0 Å². The van der Waals surface area contributed by atoms with Crippen molar-refractivity contribution in [2.75, 3.05) is 45.2 Å². The molecule has 0 saturated carbocycles. The van der Waals surface area contributed by atoms with Crippen molar-refractivity contribution >= 4 is 33.6 Å². The predicted octanol–water partition coefficient (Wildman–Crippen LogP) is 1.71. The van der Waals surface area contributed by atoms with Gasteiger partial charge in [0.25, 0.3) is 0 Å². The van der Waals surface area contributed by atoms with Gasteiger partial charge in [0.1, 0.15) is 0 Å². The molecule has 37 heavy (non-hydrogen) atoms. The lowest BCUT2D eigenvalue weighted by atomic mass is 10.1. The third-order valence-corrected chi connectivity index (χ3v) is 7.17. The quantitative estimate of drug-likeness (QED) is 0.423. The minimum atomic E-state index is -3.57. The third-order valence-electron chi connectivity index (χ3n) is 5.26. The Kier molecular flexibility index (Phi) is 10.8. The van der Waals surface area contributed by atoms with Crippen molar-refractivity contribution in [2.45, 2.75) is 25.3 Å². The van der Waals surface area contributed by atoms with Crippen LogP contribution in [0.1, 0.15) is 19.4 Å². The number of hydrogen-bond acceptors (Lipinski definition) is 8. The molecule has 2 aromatic rings. The number of sulfonamides is 1. The molecule has 202 valence electrons. The smallest absolute Gasteiger partial charge is 0.414 e. The second-order valence-corrected chi connectivity index (χ2v) is 9.85. The highest BCUT2D eigenvalue weighted by atomic mass is 32.2. The zero-order chi connectivity index (χ0) is 27.6. The van der Waals surface area contributed by atoms with E-state index < -0.39 is 22.0 Å². The summed E-state index contributed by atoms with van der Waals surface area (Å²) in [5, 5.41) is 17.4. The molecule has 1 fully saturated rings. The number of hydrogen-bond donors (Lipinski definition) is 3. The van der Waals surface area contributed by atoms with Gasteiger partial charge >= 0.3 is 11.9 Å². The van der Waals surface area contributed by atoms with E-state index in [2.05, 4.69) is 10.2 Å². The van der Waals surface area contributed by atoms with E-state index in [1.54, 1.807) is 19.2 Å². The molecule has 0 bridgehead atoms. The first-order valence-corrected chi connectivity index (χ1v) is 12.8. The molecule has 0 aliphatic carbocycles. The minimum Gasteiger partial charge on any atom is -0.493 e. The van der Waals surface area contributed by atoms with Crippen LogP contribution in [0.15, 0.2) is 47.4 Å². The van der Waals surface area contributed by atoms with Gasteiger partial charge in [-0.1, -0.05) is 6.07 Å². The highest BCUT2D eigenvalue weighted by Gasteiger charge is 2.28. The van der Waals surface area contributed by atoms with Crippen LogP contribution in [0.3, 0.4) is 0 Å². The van der Waals surface area contributed by atoms with Gasteiger partial charge in [-0.2, -0.15) is 4.31 Å². The number of benzene rings is 2. The molecule has 12 nitrogen and oxygen atoms in total. The number of carboxylic acid groups (broad SMARTS) is 2. The molecule has 1 aliphatic heterocycles. The van der Waals surface area contributed by atoms with E-state index in [1.807, 2.05) is 25.1 Å². The molecule has 1 heterocycles. The van der Waals surface area contributed by atoms with Crippen molar-refractivity contribution in [3.8, 4) is 11.5 Å². The van der Waals surface area contributed by atoms with Crippen molar-refractivity contribution in [2.24, 2.45) is 0 Å². The first-order valence-electron chi connectivity index (χ1n) is 11.3. The molecule has 1 amide bonds. The number of ether oxygens (including phenoxy) is 2. The summed E-state index contributed by atoms with van der Waals surface area (Å²) in [6.45, 7) is 6.74. The number of nitrogens with zero attached hydrogens (tertiary/aromatic N) is 2. The largest absolute Gasteiger partial charge is 0.493 e. The highest BCUT2D eigenvalue weighted by Crippen LogP contribution is 2.29. The highest BCUT2D eigenvalue weighted by molar-refractivity contribution is 7.89. The standard InChI is InChI=1S/C22H29N3O5S.C2H2O4/c1-4-30-21-10-5-18(15-22(21)29-3)16-24-11-13-25(14-12-24)31(27,28)20-8-6-19(7-9-20)23-17(2)26;3-1(4)2(5)6/h5-10,15H,4,11-14,16H2,1-3H3,(H,23,26);(H,3,4)(H,5,6). The van der Waals surface area contributed by atoms with E-state index in [0.29, 0.717) is 56.5 Å². The van der Waals surface area contributed by atoms with Crippen LogP contribution in [-0.4, -0.2) is 85.6 Å². The van der Waals surface area contributed by atoms with Crippen LogP contribution in [0.5, 0.6) is 11.5 Å². The molecule has 0 radical (unpaired) electrons. The van der Waals surface area contributed by atoms with Gasteiger partial charge in [0.05, 0.1) is 18.6 Å². The number of anilines is 1. The average Bonchev–Trinajstić information content (AvgIpc) is 2.85. The molecule has 13 heteroatoms. The molecule has 0 atom stereocenters. The number of amides is 1. The van der Waals surface area contributed by atoms with E-state index in [1.165, 1.54) is 23.4 Å². The van der Waals surface area contributed by atoms with Gasteiger partial charge in [-0.15, -0.1) is 0 Å². The van der Waals surface area contributed by atoms with Gasteiger partial charge in [0, 0.05) is 45.3 Å². The Morgan fingerprint density at radius 1 is 0.946 bits per heavy atom. The summed E-state index contributed by atoms with van der Waals surface area (Å²) in [5.41, 5.74) is 1.66. The van der Waals surface area contributed by atoms with Gasteiger partial charge < -0.3 is 25.0 Å². The summed E-state index contributed by atoms with van der Waals surface area (Å²) in [6, 6.07) is 12.1. The second kappa shape index (κ2) is 13.6. The summed E-state index contributed by atoms with van der Waals surface area (Å²) < 4.78 is 38.4. The zero-order valence-corrected chi connectivity index (χ0v) is 21.7. The van der Waals surface area contributed by atoms with Crippen LogP contribution in [0, 0.1) is 0 Å². The number of nitrogens with one attached hydrogen (secondary N) is 1. The molecular weight excluding hydrogens is 506 g/mol. The number of rotatable bonds is 8. The van der Waals surface area contributed by atoms with Crippen LogP contribution < -0.4 is 14.8 Å². The number of carbonyl (C=O) groups is 3. The van der Waals surface area contributed by atoms with E-state index in [-0.39, 0.29) is 10.8 Å². The molecule has 0 spiro atoms. The van der Waals surface area contributed by atoms with Crippen LogP contribution in [-0.2, 0) is 31.0 Å². The number of methoxy groups -OCH3 is 1. The third kappa shape index (κ3) is 8.74. The maximum Gasteiger partial charge on any atom is 0.414 e. The van der Waals surface area contributed by atoms with Crippen molar-refractivity contribution in [1.82, 2.24) is 9.21 Å². The summed E-state index contributed by atoms with van der Waals surface area (Å²) in [4.78, 5) is 31.8. The first-order chi connectivity index (χ1) is 17.5. The fraction of sp³-hybridized carbons (Fsp3) is 0.375. The van der Waals surface area contributed by atoms with Crippen molar-refractivity contribution in [3.05, 3.63) is 48.0 Å².